The van der Waals surface area contributed by atoms with E-state index in [9.17, 15) is 14.4 Å². The van der Waals surface area contributed by atoms with Crippen LogP contribution in [0.15, 0.2) is 18.2 Å². The smallest absolute Gasteiger partial charge is 0.242 e. The van der Waals surface area contributed by atoms with Crippen molar-refractivity contribution >= 4 is 35.0 Å². The lowest BCUT2D eigenvalue weighted by atomic mass is 9.49. The molecule has 0 aromatic heterocycles. The minimum atomic E-state index is -0.116. The molecule has 1 aliphatic heterocycles. The minimum Gasteiger partial charge on any atom is -0.347 e. The number of rotatable bonds is 7. The number of benzene rings is 1. The van der Waals surface area contributed by atoms with Crippen molar-refractivity contribution in [2.75, 3.05) is 38.0 Å². The molecule has 7 nitrogen and oxygen atoms in total. The average Bonchev–Trinajstić information content (AvgIpc) is 2.78. The Morgan fingerprint density at radius 2 is 1.63 bits per heavy atom. The van der Waals surface area contributed by atoms with Gasteiger partial charge in [0.05, 0.1) is 6.54 Å². The van der Waals surface area contributed by atoms with Crippen LogP contribution in [-0.2, 0) is 20.9 Å². The number of hydrogen-bond donors (Lipinski definition) is 2. The van der Waals surface area contributed by atoms with E-state index in [4.69, 9.17) is 11.6 Å². The average molecular weight is 501 g/mol. The topological polar surface area (TPSA) is 81.8 Å². The zero-order valence-electron chi connectivity index (χ0n) is 20.7. The Morgan fingerprint density at radius 1 is 1.00 bits per heavy atom. The second-order valence-electron chi connectivity index (χ2n) is 11.5. The molecule has 6 rings (SSSR count). The van der Waals surface area contributed by atoms with Gasteiger partial charge in [0.25, 0.3) is 0 Å². The van der Waals surface area contributed by atoms with Gasteiger partial charge >= 0.3 is 0 Å². The van der Waals surface area contributed by atoms with E-state index < -0.39 is 0 Å². The maximum absolute atomic E-state index is 12.8. The Hall–Kier alpha value is -2.12. The largest absolute Gasteiger partial charge is 0.347 e. The summed E-state index contributed by atoms with van der Waals surface area (Å²) >= 11 is 6.18. The van der Waals surface area contributed by atoms with Crippen molar-refractivity contribution in [3.8, 4) is 0 Å². The Balaban J connectivity index is 1.07. The number of piperazine rings is 1. The van der Waals surface area contributed by atoms with E-state index in [0.717, 1.165) is 42.1 Å². The molecule has 5 aliphatic rings. The van der Waals surface area contributed by atoms with Crippen molar-refractivity contribution in [2.45, 2.75) is 58.4 Å². The molecule has 0 radical (unpaired) electrons. The van der Waals surface area contributed by atoms with Crippen molar-refractivity contribution in [2.24, 2.45) is 23.2 Å². The van der Waals surface area contributed by atoms with Crippen LogP contribution in [0.4, 0.5) is 5.69 Å². The van der Waals surface area contributed by atoms with Crippen molar-refractivity contribution < 1.29 is 14.4 Å². The molecule has 35 heavy (non-hydrogen) atoms. The number of anilines is 1. The predicted molar refractivity (Wildman–Crippen MR) is 136 cm³/mol. The van der Waals surface area contributed by atoms with Gasteiger partial charge in [-0.05, 0) is 85.5 Å². The van der Waals surface area contributed by atoms with Gasteiger partial charge < -0.3 is 15.5 Å². The first-order chi connectivity index (χ1) is 16.8. The number of carbonyl (C=O) groups is 3. The molecule has 5 fully saturated rings. The first kappa shape index (κ1) is 24.6. The summed E-state index contributed by atoms with van der Waals surface area (Å²) in [5.41, 5.74) is 1.93. The standard InChI is InChI=1S/C27H37ClN4O3/c1-18(33)30-24-3-2-23(28)11-22(24)17-31-4-6-32(7-5-31)26(35)16-29-25(34)15-27-12-19-8-20(13-27)10-21(9-19)14-27/h2-3,11,19-21H,4-10,12-17H2,1H3,(H,29,34)(H,30,33). The van der Waals surface area contributed by atoms with Crippen LogP contribution in [0, 0.1) is 23.2 Å². The van der Waals surface area contributed by atoms with Gasteiger partial charge in [-0.15, -0.1) is 0 Å². The van der Waals surface area contributed by atoms with Gasteiger partial charge in [0.1, 0.15) is 0 Å². The van der Waals surface area contributed by atoms with Gasteiger partial charge in [0.15, 0.2) is 0 Å². The highest BCUT2D eigenvalue weighted by Crippen LogP contribution is 2.61. The molecule has 1 heterocycles. The SMILES string of the molecule is CC(=O)Nc1ccc(Cl)cc1CN1CCN(C(=O)CNC(=O)CC23CC4CC(CC(C4)C2)C3)CC1. The lowest BCUT2D eigenvalue weighted by molar-refractivity contribution is -0.136. The second kappa shape index (κ2) is 10.1. The summed E-state index contributed by atoms with van der Waals surface area (Å²) < 4.78 is 0. The second-order valence-corrected chi connectivity index (χ2v) is 11.9. The monoisotopic (exact) mass is 500 g/mol. The minimum absolute atomic E-state index is 0.00907. The first-order valence-corrected chi connectivity index (χ1v) is 13.5. The van der Waals surface area contributed by atoms with Crippen LogP contribution in [0.5, 0.6) is 0 Å². The highest BCUT2D eigenvalue weighted by atomic mass is 35.5. The third kappa shape index (κ3) is 5.83. The third-order valence-corrected chi connectivity index (χ3v) is 8.87. The molecular weight excluding hydrogens is 464 g/mol. The maximum Gasteiger partial charge on any atom is 0.242 e. The molecule has 4 aliphatic carbocycles. The van der Waals surface area contributed by atoms with E-state index >= 15 is 0 Å². The van der Waals surface area contributed by atoms with E-state index in [1.807, 2.05) is 17.0 Å². The van der Waals surface area contributed by atoms with Crippen LogP contribution >= 0.6 is 11.6 Å². The highest BCUT2D eigenvalue weighted by molar-refractivity contribution is 6.30. The predicted octanol–water partition coefficient (Wildman–Crippen LogP) is 3.67. The van der Waals surface area contributed by atoms with Crippen molar-refractivity contribution in [1.29, 1.82) is 0 Å². The lowest BCUT2D eigenvalue weighted by Gasteiger charge is -2.56. The molecule has 1 aromatic carbocycles. The van der Waals surface area contributed by atoms with Crippen LogP contribution in [0.25, 0.3) is 0 Å². The Bertz CT molecular complexity index is 953. The summed E-state index contributed by atoms with van der Waals surface area (Å²) in [6.07, 6.45) is 8.33. The molecule has 1 aromatic rings. The number of nitrogens with one attached hydrogen (secondary N) is 2. The number of hydrogen-bond acceptors (Lipinski definition) is 4. The van der Waals surface area contributed by atoms with Crippen LogP contribution < -0.4 is 10.6 Å². The van der Waals surface area contributed by atoms with Gasteiger partial charge in [-0.1, -0.05) is 11.6 Å². The van der Waals surface area contributed by atoms with Gasteiger partial charge in [-0.2, -0.15) is 0 Å². The maximum atomic E-state index is 12.8. The summed E-state index contributed by atoms with van der Waals surface area (Å²) in [6.45, 7) is 4.95. The van der Waals surface area contributed by atoms with E-state index in [1.165, 1.54) is 45.4 Å². The molecule has 0 unspecified atom stereocenters. The van der Waals surface area contributed by atoms with Gasteiger partial charge in [0.2, 0.25) is 17.7 Å². The molecule has 0 atom stereocenters. The summed E-state index contributed by atoms with van der Waals surface area (Å²) in [7, 11) is 0. The fourth-order valence-electron chi connectivity index (χ4n) is 7.60. The molecule has 4 bridgehead atoms. The Morgan fingerprint density at radius 3 is 2.23 bits per heavy atom. The van der Waals surface area contributed by atoms with Gasteiger partial charge in [-0.3, -0.25) is 19.3 Å². The molecule has 0 spiro atoms. The number of nitrogens with zero attached hydrogens (tertiary/aromatic N) is 2. The third-order valence-electron chi connectivity index (χ3n) is 8.63. The molecular formula is C27H37ClN4O3. The Kier molecular flexibility index (Phi) is 7.09. The number of amides is 3. The van der Waals surface area contributed by atoms with E-state index in [1.54, 1.807) is 6.07 Å². The van der Waals surface area contributed by atoms with Gasteiger partial charge in [-0.25, -0.2) is 0 Å². The highest BCUT2D eigenvalue weighted by Gasteiger charge is 2.51. The molecule has 2 N–H and O–H groups in total. The molecule has 4 saturated carbocycles. The van der Waals surface area contributed by atoms with Crippen molar-refractivity contribution in [1.82, 2.24) is 15.1 Å². The van der Waals surface area contributed by atoms with E-state index in [-0.39, 0.29) is 29.7 Å². The molecule has 1 saturated heterocycles. The van der Waals surface area contributed by atoms with Crippen LogP contribution in [0.3, 0.4) is 0 Å². The summed E-state index contributed by atoms with van der Waals surface area (Å²) in [5, 5.41) is 6.43. The lowest BCUT2D eigenvalue weighted by Crippen LogP contribution is -2.51. The zero-order valence-corrected chi connectivity index (χ0v) is 21.4. The fraction of sp³-hybridized carbons (Fsp3) is 0.667. The van der Waals surface area contributed by atoms with Gasteiger partial charge in [0, 0.05) is 56.8 Å². The normalized spacial score (nSPS) is 29.8. The quantitative estimate of drug-likeness (QED) is 0.598. The summed E-state index contributed by atoms with van der Waals surface area (Å²) in [4.78, 5) is 41.2. The van der Waals surface area contributed by atoms with Crippen LogP contribution in [-0.4, -0.2) is 60.2 Å². The van der Waals surface area contributed by atoms with Crippen molar-refractivity contribution in [3.63, 3.8) is 0 Å². The van der Waals surface area contributed by atoms with E-state index in [2.05, 4.69) is 15.5 Å². The molecule has 190 valence electrons. The van der Waals surface area contributed by atoms with Crippen molar-refractivity contribution in [3.05, 3.63) is 28.8 Å². The fourth-order valence-corrected chi connectivity index (χ4v) is 7.79. The summed E-state index contributed by atoms with van der Waals surface area (Å²) in [6, 6.07) is 5.47. The number of carbonyl (C=O) groups excluding carboxylic acids is 3. The zero-order chi connectivity index (χ0) is 24.6. The van der Waals surface area contributed by atoms with Crippen LogP contribution in [0.2, 0.25) is 5.02 Å². The van der Waals surface area contributed by atoms with Crippen LogP contribution in [0.1, 0.15) is 57.4 Å². The Labute approximate surface area is 212 Å². The number of halogens is 1. The molecule has 8 heteroatoms. The molecule has 3 amide bonds. The summed E-state index contributed by atoms with van der Waals surface area (Å²) in [5.74, 6) is 2.40. The van der Waals surface area contributed by atoms with E-state index in [0.29, 0.717) is 31.1 Å². The first-order valence-electron chi connectivity index (χ1n) is 13.1.